The molecule has 0 aromatic carbocycles. The van der Waals surface area contributed by atoms with Crippen LogP contribution in [0.25, 0.3) is 0 Å². The number of likely N-dealkylation sites (N-methyl/N-ethyl adjacent to an activating group) is 1. The van der Waals surface area contributed by atoms with Crippen molar-refractivity contribution >= 4 is 0 Å². The van der Waals surface area contributed by atoms with Gasteiger partial charge in [-0.2, -0.15) is 0 Å². The average Bonchev–Trinajstić information content (AvgIpc) is 1.82. The number of allylic oxidation sites excluding steroid dienone is 2. The van der Waals surface area contributed by atoms with Crippen LogP contribution in [0.15, 0.2) is 23.1 Å². The quantitative estimate of drug-likeness (QED) is 0.498. The van der Waals surface area contributed by atoms with Crippen LogP contribution in [0.3, 0.4) is 0 Å². The fourth-order valence-electron chi connectivity index (χ4n) is 1.22. The van der Waals surface area contributed by atoms with Crippen LogP contribution in [-0.4, -0.2) is 18.5 Å². The molecule has 0 amide bonds. The molecule has 0 fully saturated rings. The van der Waals surface area contributed by atoms with Gasteiger partial charge in [-0.05, 0) is 13.8 Å². The third-order valence-corrected chi connectivity index (χ3v) is 1.63. The zero-order valence-electron chi connectivity index (χ0n) is 6.64. The van der Waals surface area contributed by atoms with Gasteiger partial charge < -0.3 is 4.90 Å². The maximum Gasteiger partial charge on any atom is 0.249 e. The average molecular weight is 138 g/mol. The first-order valence-electron chi connectivity index (χ1n) is 3.37. The van der Waals surface area contributed by atoms with Crippen LogP contribution in [0.4, 0.5) is 0 Å². The molecule has 0 atom stereocenters. The SMILES string of the molecule is CC1=CC(C)=C([O])N(C)C1. The van der Waals surface area contributed by atoms with E-state index < -0.39 is 0 Å². The van der Waals surface area contributed by atoms with Crippen molar-refractivity contribution in [1.82, 2.24) is 4.90 Å². The van der Waals surface area contributed by atoms with Gasteiger partial charge in [-0.3, -0.25) is 5.11 Å². The van der Waals surface area contributed by atoms with Crippen LogP contribution in [0.1, 0.15) is 13.8 Å². The summed E-state index contributed by atoms with van der Waals surface area (Å²) in [6, 6.07) is 0. The predicted octanol–water partition coefficient (Wildman–Crippen LogP) is 1.54. The Morgan fingerprint density at radius 3 is 2.60 bits per heavy atom. The Morgan fingerprint density at radius 2 is 2.10 bits per heavy atom. The molecule has 0 saturated carbocycles. The van der Waals surface area contributed by atoms with Crippen molar-refractivity contribution in [3.63, 3.8) is 0 Å². The van der Waals surface area contributed by atoms with Crippen molar-refractivity contribution in [2.75, 3.05) is 13.6 Å². The van der Waals surface area contributed by atoms with E-state index in [0.29, 0.717) is 0 Å². The molecule has 0 saturated heterocycles. The summed E-state index contributed by atoms with van der Waals surface area (Å²) < 4.78 is 0. The van der Waals surface area contributed by atoms with E-state index in [1.54, 1.807) is 4.90 Å². The minimum absolute atomic E-state index is 0.144. The third-order valence-electron chi connectivity index (χ3n) is 1.63. The van der Waals surface area contributed by atoms with Crippen molar-refractivity contribution in [2.24, 2.45) is 0 Å². The predicted molar refractivity (Wildman–Crippen MR) is 39.8 cm³/mol. The molecule has 1 heterocycles. The first-order chi connectivity index (χ1) is 4.61. The normalized spacial score (nSPS) is 19.5. The Bertz CT molecular complexity index is 203. The molecule has 1 aliphatic rings. The second kappa shape index (κ2) is 2.37. The Morgan fingerprint density at radius 1 is 1.50 bits per heavy atom. The molecular weight excluding hydrogens is 126 g/mol. The monoisotopic (exact) mass is 138 g/mol. The highest BCUT2D eigenvalue weighted by molar-refractivity contribution is 5.27. The fraction of sp³-hybridized carbons (Fsp3) is 0.500. The van der Waals surface area contributed by atoms with Gasteiger partial charge in [-0.15, -0.1) is 0 Å². The maximum atomic E-state index is 11.1. The van der Waals surface area contributed by atoms with E-state index in [-0.39, 0.29) is 5.88 Å². The molecule has 0 aliphatic carbocycles. The minimum atomic E-state index is 0.144. The summed E-state index contributed by atoms with van der Waals surface area (Å²) in [5.41, 5.74) is 2.09. The highest BCUT2D eigenvalue weighted by Gasteiger charge is 2.12. The standard InChI is InChI=1S/C8H12NO/c1-6-4-7(2)8(10)9(3)5-6/h4H,5H2,1-3H3. The molecule has 0 aromatic heterocycles. The van der Waals surface area contributed by atoms with Gasteiger partial charge in [0, 0.05) is 19.2 Å². The second-order valence-corrected chi connectivity index (χ2v) is 2.83. The first-order valence-corrected chi connectivity index (χ1v) is 3.37. The number of rotatable bonds is 0. The molecule has 55 valence electrons. The largest absolute Gasteiger partial charge is 0.338 e. The zero-order valence-corrected chi connectivity index (χ0v) is 6.64. The van der Waals surface area contributed by atoms with Gasteiger partial charge in [-0.1, -0.05) is 11.6 Å². The van der Waals surface area contributed by atoms with E-state index in [1.807, 2.05) is 27.0 Å². The summed E-state index contributed by atoms with van der Waals surface area (Å²) in [7, 11) is 1.82. The Hall–Kier alpha value is -0.920. The number of hydrogen-bond acceptors (Lipinski definition) is 1. The Labute approximate surface area is 61.5 Å². The van der Waals surface area contributed by atoms with Gasteiger partial charge in [0.1, 0.15) is 0 Å². The smallest absolute Gasteiger partial charge is 0.249 e. The number of nitrogens with zero attached hydrogens (tertiary/aromatic N) is 1. The summed E-state index contributed by atoms with van der Waals surface area (Å²) in [5.74, 6) is 0.144. The van der Waals surface area contributed by atoms with E-state index >= 15 is 0 Å². The van der Waals surface area contributed by atoms with E-state index in [2.05, 4.69) is 0 Å². The molecule has 0 N–H and O–H groups in total. The van der Waals surface area contributed by atoms with Crippen LogP contribution in [0, 0.1) is 0 Å². The molecule has 0 bridgehead atoms. The van der Waals surface area contributed by atoms with Gasteiger partial charge >= 0.3 is 0 Å². The van der Waals surface area contributed by atoms with Crippen LogP contribution in [0.2, 0.25) is 0 Å². The highest BCUT2D eigenvalue weighted by atomic mass is 16.3. The molecule has 1 radical (unpaired) electrons. The van der Waals surface area contributed by atoms with Crippen molar-refractivity contribution in [1.29, 1.82) is 0 Å². The lowest BCUT2D eigenvalue weighted by molar-refractivity contribution is 0.169. The van der Waals surface area contributed by atoms with Gasteiger partial charge in [0.2, 0.25) is 5.88 Å². The lowest BCUT2D eigenvalue weighted by Gasteiger charge is -2.21. The van der Waals surface area contributed by atoms with Crippen molar-refractivity contribution in [2.45, 2.75) is 13.8 Å². The van der Waals surface area contributed by atoms with Crippen molar-refractivity contribution < 1.29 is 5.11 Å². The highest BCUT2D eigenvalue weighted by Crippen LogP contribution is 2.16. The lowest BCUT2D eigenvalue weighted by Crippen LogP contribution is -2.22. The summed E-state index contributed by atoms with van der Waals surface area (Å²) in [4.78, 5) is 1.73. The molecule has 1 aliphatic heterocycles. The first kappa shape index (κ1) is 7.19. The van der Waals surface area contributed by atoms with E-state index in [1.165, 1.54) is 5.57 Å². The van der Waals surface area contributed by atoms with E-state index in [9.17, 15) is 5.11 Å². The molecule has 0 spiro atoms. The van der Waals surface area contributed by atoms with Gasteiger partial charge in [0.15, 0.2) is 0 Å². The van der Waals surface area contributed by atoms with Crippen LogP contribution in [0.5, 0.6) is 0 Å². The summed E-state index contributed by atoms with van der Waals surface area (Å²) in [6.45, 7) is 4.66. The summed E-state index contributed by atoms with van der Waals surface area (Å²) in [5, 5.41) is 11.1. The van der Waals surface area contributed by atoms with Crippen LogP contribution in [-0.2, 0) is 5.11 Å². The molecular formula is C8H12NO. The van der Waals surface area contributed by atoms with Gasteiger partial charge in [-0.25, -0.2) is 0 Å². The fourth-order valence-corrected chi connectivity index (χ4v) is 1.22. The van der Waals surface area contributed by atoms with E-state index in [4.69, 9.17) is 0 Å². The third kappa shape index (κ3) is 1.15. The van der Waals surface area contributed by atoms with Gasteiger partial charge in [0.05, 0.1) is 0 Å². The minimum Gasteiger partial charge on any atom is -0.338 e. The molecule has 0 aromatic rings. The van der Waals surface area contributed by atoms with Gasteiger partial charge in [0.25, 0.3) is 0 Å². The lowest BCUT2D eigenvalue weighted by atomic mass is 10.1. The van der Waals surface area contributed by atoms with Crippen molar-refractivity contribution in [3.05, 3.63) is 23.1 Å². The Balaban J connectivity index is 2.92. The molecule has 1 rings (SSSR count). The summed E-state index contributed by atoms with van der Waals surface area (Å²) in [6.07, 6.45) is 1.95. The molecule has 10 heavy (non-hydrogen) atoms. The molecule has 0 unspecified atom stereocenters. The molecule has 2 nitrogen and oxygen atoms in total. The van der Waals surface area contributed by atoms with E-state index in [0.717, 1.165) is 12.1 Å². The molecule has 2 heteroatoms. The zero-order chi connectivity index (χ0) is 7.72. The number of hydrogen-bond donors (Lipinski definition) is 0. The summed E-state index contributed by atoms with van der Waals surface area (Å²) >= 11 is 0. The Kier molecular flexibility index (Phi) is 1.70. The topological polar surface area (TPSA) is 23.1 Å². The second-order valence-electron chi connectivity index (χ2n) is 2.83. The van der Waals surface area contributed by atoms with Crippen LogP contribution < -0.4 is 0 Å². The van der Waals surface area contributed by atoms with Crippen LogP contribution >= 0.6 is 0 Å². The van der Waals surface area contributed by atoms with Crippen molar-refractivity contribution in [3.8, 4) is 0 Å². The maximum absolute atomic E-state index is 11.1.